The minimum atomic E-state index is -4.61. The molecule has 1 fully saturated rings. The normalized spacial score (nSPS) is 16.9. The molecular weight excluding hydrogens is 567 g/mol. The summed E-state index contributed by atoms with van der Waals surface area (Å²) in [6, 6.07) is 11.5. The van der Waals surface area contributed by atoms with E-state index in [1.165, 1.54) is 27.4 Å². The quantitative estimate of drug-likeness (QED) is 0.172. The lowest BCUT2D eigenvalue weighted by molar-refractivity contribution is -0.137. The lowest BCUT2D eigenvalue weighted by Gasteiger charge is -2.20. The lowest BCUT2D eigenvalue weighted by atomic mass is 9.90. The number of halogens is 3. The predicted octanol–water partition coefficient (Wildman–Crippen LogP) is 6.12. The summed E-state index contributed by atoms with van der Waals surface area (Å²) >= 11 is 0. The number of aromatic hydroxyl groups is 1. The Morgan fingerprint density at radius 1 is 0.977 bits per heavy atom. The van der Waals surface area contributed by atoms with Crippen molar-refractivity contribution in [2.24, 2.45) is 11.7 Å². The highest BCUT2D eigenvalue weighted by atomic mass is 19.4. The maximum atomic E-state index is 13.1. The number of alkyl halides is 3. The van der Waals surface area contributed by atoms with Crippen LogP contribution in [-0.4, -0.2) is 38.2 Å². The van der Waals surface area contributed by atoms with E-state index in [4.69, 9.17) is 24.7 Å². The number of allylic oxidation sites excluding steroid dienone is 1. The fraction of sp³-hybridized carbons (Fsp3) is 0.250. The van der Waals surface area contributed by atoms with E-state index in [9.17, 15) is 27.9 Å². The summed E-state index contributed by atoms with van der Waals surface area (Å²) in [5.41, 5.74) is 7.11. The number of methoxy groups -OCH3 is 3. The second kappa shape index (κ2) is 13.0. The molecular formula is C32H30F3NO7. The highest BCUT2D eigenvalue weighted by Gasteiger charge is 2.37. The molecule has 1 saturated carbocycles. The van der Waals surface area contributed by atoms with E-state index in [0.29, 0.717) is 52.9 Å². The summed E-state index contributed by atoms with van der Waals surface area (Å²) in [6.45, 7) is 0. The molecule has 2 unspecified atom stereocenters. The Morgan fingerprint density at radius 2 is 1.63 bits per heavy atom. The summed E-state index contributed by atoms with van der Waals surface area (Å²) in [5, 5.41) is 10.2. The van der Waals surface area contributed by atoms with Crippen molar-refractivity contribution in [2.45, 2.75) is 25.1 Å². The van der Waals surface area contributed by atoms with Gasteiger partial charge >= 0.3 is 12.1 Å². The van der Waals surface area contributed by atoms with Crippen LogP contribution in [0.3, 0.4) is 0 Å². The van der Waals surface area contributed by atoms with Crippen LogP contribution in [0.25, 0.3) is 12.2 Å². The molecule has 11 heteroatoms. The van der Waals surface area contributed by atoms with Crippen molar-refractivity contribution in [2.75, 3.05) is 21.3 Å². The zero-order chi connectivity index (χ0) is 31.3. The molecule has 2 atom stereocenters. The molecule has 0 heterocycles. The topological polar surface area (TPSA) is 117 Å². The molecule has 0 aliphatic heterocycles. The molecule has 0 saturated heterocycles. The zero-order valence-electron chi connectivity index (χ0n) is 23.6. The van der Waals surface area contributed by atoms with E-state index in [1.54, 1.807) is 48.6 Å². The molecule has 226 valence electrons. The Kier molecular flexibility index (Phi) is 9.45. The molecule has 3 N–H and O–H groups in total. The number of carbonyl (C=O) groups excluding carboxylic acids is 2. The first-order chi connectivity index (χ1) is 20.4. The van der Waals surface area contributed by atoms with Crippen molar-refractivity contribution >= 4 is 23.9 Å². The zero-order valence-corrected chi connectivity index (χ0v) is 23.6. The SMILES string of the molecule is COc1cc(/C=C/C(=O)Oc2ccc(/C=C3\CCC(C(N)c4ccc(C(F)(F)F)cc4O)C3=O)cc2)cc(OC)c1OC. The van der Waals surface area contributed by atoms with Gasteiger partial charge in [-0.1, -0.05) is 18.2 Å². The fourth-order valence-corrected chi connectivity index (χ4v) is 4.85. The van der Waals surface area contributed by atoms with Crippen LogP contribution in [0.2, 0.25) is 0 Å². The Labute approximate surface area is 246 Å². The predicted molar refractivity (Wildman–Crippen MR) is 153 cm³/mol. The second-order valence-electron chi connectivity index (χ2n) is 9.76. The van der Waals surface area contributed by atoms with Crippen molar-refractivity contribution in [1.29, 1.82) is 0 Å². The van der Waals surface area contributed by atoms with Gasteiger partial charge in [-0.3, -0.25) is 4.79 Å². The molecule has 43 heavy (non-hydrogen) atoms. The smallest absolute Gasteiger partial charge is 0.416 e. The summed E-state index contributed by atoms with van der Waals surface area (Å²) in [5.74, 6) is -0.554. The minimum Gasteiger partial charge on any atom is -0.508 e. The monoisotopic (exact) mass is 597 g/mol. The van der Waals surface area contributed by atoms with Gasteiger partial charge in [-0.2, -0.15) is 13.2 Å². The first kappa shape index (κ1) is 31.2. The second-order valence-corrected chi connectivity index (χ2v) is 9.76. The average Bonchev–Trinajstić information content (AvgIpc) is 3.34. The Morgan fingerprint density at radius 3 is 2.19 bits per heavy atom. The number of ether oxygens (including phenoxy) is 4. The highest BCUT2D eigenvalue weighted by Crippen LogP contribution is 2.41. The van der Waals surface area contributed by atoms with Crippen LogP contribution in [0.15, 0.2) is 66.2 Å². The van der Waals surface area contributed by atoms with E-state index in [-0.39, 0.29) is 17.1 Å². The van der Waals surface area contributed by atoms with E-state index < -0.39 is 35.4 Å². The van der Waals surface area contributed by atoms with Crippen LogP contribution in [0.4, 0.5) is 13.2 Å². The van der Waals surface area contributed by atoms with Gasteiger partial charge in [0.15, 0.2) is 17.3 Å². The number of hydrogen-bond donors (Lipinski definition) is 2. The third kappa shape index (κ3) is 7.18. The number of phenolic OH excluding ortho intramolecular Hbond substituents is 1. The Hall–Kier alpha value is -4.77. The van der Waals surface area contributed by atoms with Gasteiger partial charge in [-0.25, -0.2) is 4.79 Å². The summed E-state index contributed by atoms with van der Waals surface area (Å²) in [6.07, 6.45) is 0.692. The molecule has 0 radical (unpaired) electrons. The van der Waals surface area contributed by atoms with E-state index >= 15 is 0 Å². The van der Waals surface area contributed by atoms with Gasteiger partial charge in [0.25, 0.3) is 0 Å². The van der Waals surface area contributed by atoms with Gasteiger partial charge in [0.05, 0.1) is 26.9 Å². The van der Waals surface area contributed by atoms with Gasteiger partial charge in [0.1, 0.15) is 11.5 Å². The first-order valence-corrected chi connectivity index (χ1v) is 13.2. The molecule has 4 rings (SSSR count). The van der Waals surface area contributed by atoms with E-state index in [2.05, 4.69) is 0 Å². The number of phenols is 1. The highest BCUT2D eigenvalue weighted by molar-refractivity contribution is 6.03. The molecule has 0 aromatic heterocycles. The number of esters is 1. The van der Waals surface area contributed by atoms with Gasteiger partial charge in [-0.05, 0) is 78.1 Å². The van der Waals surface area contributed by atoms with Crippen molar-refractivity contribution < 1.29 is 46.8 Å². The number of Topliss-reactive ketones (excluding diaryl/α,β-unsaturated/α-hetero) is 1. The number of carbonyl (C=O) groups is 2. The van der Waals surface area contributed by atoms with Gasteiger partial charge in [-0.15, -0.1) is 0 Å². The molecule has 0 amide bonds. The number of hydrogen-bond acceptors (Lipinski definition) is 8. The number of nitrogens with two attached hydrogens (primary N) is 1. The fourth-order valence-electron chi connectivity index (χ4n) is 4.85. The summed E-state index contributed by atoms with van der Waals surface area (Å²) in [4.78, 5) is 25.5. The van der Waals surface area contributed by atoms with Crippen LogP contribution >= 0.6 is 0 Å². The number of rotatable bonds is 9. The van der Waals surface area contributed by atoms with E-state index in [0.717, 1.165) is 12.1 Å². The molecule has 0 bridgehead atoms. The maximum absolute atomic E-state index is 13.1. The van der Waals surface area contributed by atoms with Gasteiger partial charge in [0.2, 0.25) is 5.75 Å². The van der Waals surface area contributed by atoms with Crippen LogP contribution in [0, 0.1) is 5.92 Å². The molecule has 0 spiro atoms. The molecule has 3 aromatic carbocycles. The molecule has 3 aromatic rings. The van der Waals surface area contributed by atoms with Crippen molar-refractivity contribution in [1.82, 2.24) is 0 Å². The maximum Gasteiger partial charge on any atom is 0.416 e. The van der Waals surface area contributed by atoms with Gasteiger partial charge < -0.3 is 29.8 Å². The van der Waals surface area contributed by atoms with Crippen LogP contribution < -0.4 is 24.7 Å². The Bertz CT molecular complexity index is 1540. The Balaban J connectivity index is 1.39. The van der Waals surface area contributed by atoms with E-state index in [1.807, 2.05) is 0 Å². The van der Waals surface area contributed by atoms with Crippen molar-refractivity contribution in [3.05, 3.63) is 88.5 Å². The summed E-state index contributed by atoms with van der Waals surface area (Å²) < 4.78 is 60.1. The van der Waals surface area contributed by atoms with Crippen molar-refractivity contribution in [3.63, 3.8) is 0 Å². The molecule has 1 aliphatic carbocycles. The van der Waals surface area contributed by atoms with Gasteiger partial charge in [0, 0.05) is 23.6 Å². The average molecular weight is 598 g/mol. The summed E-state index contributed by atoms with van der Waals surface area (Å²) in [7, 11) is 4.47. The molecule has 1 aliphatic rings. The lowest BCUT2D eigenvalue weighted by Crippen LogP contribution is -2.25. The third-order valence-corrected chi connectivity index (χ3v) is 7.07. The molecule has 8 nitrogen and oxygen atoms in total. The van der Waals surface area contributed by atoms with Crippen molar-refractivity contribution in [3.8, 4) is 28.7 Å². The first-order valence-electron chi connectivity index (χ1n) is 13.2. The largest absolute Gasteiger partial charge is 0.508 e. The third-order valence-electron chi connectivity index (χ3n) is 7.07. The number of benzene rings is 3. The van der Waals surface area contributed by atoms with Crippen LogP contribution in [-0.2, 0) is 15.8 Å². The van der Waals surface area contributed by atoms with Crippen LogP contribution in [0.1, 0.15) is 41.1 Å². The standard InChI is InChI=1S/C32H30F3NO7/c1-40-26-15-19(16-27(41-2)31(26)42-3)6-13-28(38)43-22-9-4-18(5-10-22)14-20-7-11-24(30(20)39)29(36)23-12-8-21(17-25(23)37)32(33,34)35/h4-6,8-10,12-17,24,29,37H,7,11,36H2,1-3H3/b13-6+,20-14+. The van der Waals surface area contributed by atoms with Crippen LogP contribution in [0.5, 0.6) is 28.7 Å². The number of ketones is 1. The minimum absolute atomic E-state index is 0.0816.